The van der Waals surface area contributed by atoms with Crippen molar-refractivity contribution in [2.45, 2.75) is 44.2 Å². The van der Waals surface area contributed by atoms with Gasteiger partial charge in [0.1, 0.15) is 11.9 Å². The third-order valence-corrected chi connectivity index (χ3v) is 4.08. The largest absolute Gasteiger partial charge is 0.497 e. The number of carbonyl (C=O) groups excluding carboxylic acids is 1. The van der Waals surface area contributed by atoms with Crippen molar-refractivity contribution in [2.24, 2.45) is 0 Å². The van der Waals surface area contributed by atoms with E-state index in [1.165, 1.54) is 0 Å². The number of hydrogen-bond acceptors (Lipinski definition) is 5. The minimum absolute atomic E-state index is 0.176. The van der Waals surface area contributed by atoms with Crippen LogP contribution in [0.3, 0.4) is 0 Å². The maximum atomic E-state index is 11.8. The van der Waals surface area contributed by atoms with Crippen LogP contribution in [0.15, 0.2) is 36.4 Å². The smallest absolute Gasteiger partial charge is 0.306 e. The van der Waals surface area contributed by atoms with Crippen LogP contribution in [0.2, 0.25) is 0 Å². The topological polar surface area (TPSA) is 54.0 Å². The second kappa shape index (κ2) is 7.62. The van der Waals surface area contributed by atoms with Crippen LogP contribution in [0.25, 0.3) is 0 Å². The van der Waals surface area contributed by atoms with Gasteiger partial charge in [-0.25, -0.2) is 0 Å². The van der Waals surface area contributed by atoms with Crippen LogP contribution in [-0.4, -0.2) is 31.9 Å². The van der Waals surface area contributed by atoms with Crippen molar-refractivity contribution in [3.05, 3.63) is 42.0 Å². The standard InChI is InChI=1S/C18H22O5/c1-20-14-10-8-13(9-11-14)18-21-12-16-15(23-18)6-4-2-3-5-7-17(19)22-16/h2,4,8-11,15-16,18H,3,5-7,12H2,1H3/b4-2-/t15-,16-,18?/m0/s1. The average Bonchev–Trinajstić information content (AvgIpc) is 2.59. The molecule has 3 rings (SSSR count). The molecular formula is C18H22O5. The van der Waals surface area contributed by atoms with Gasteiger partial charge in [-0.05, 0) is 31.4 Å². The number of methoxy groups -OCH3 is 1. The second-order valence-corrected chi connectivity index (χ2v) is 5.74. The number of rotatable bonds is 2. The Hall–Kier alpha value is -1.85. The summed E-state index contributed by atoms with van der Waals surface area (Å²) in [5.74, 6) is 0.614. The zero-order chi connectivity index (χ0) is 16.1. The van der Waals surface area contributed by atoms with E-state index >= 15 is 0 Å². The maximum Gasteiger partial charge on any atom is 0.306 e. The van der Waals surface area contributed by atoms with Gasteiger partial charge in [0.05, 0.1) is 13.7 Å². The molecule has 5 heteroatoms. The lowest BCUT2D eigenvalue weighted by Crippen LogP contribution is -2.43. The van der Waals surface area contributed by atoms with Crippen LogP contribution in [-0.2, 0) is 19.0 Å². The van der Waals surface area contributed by atoms with Gasteiger partial charge < -0.3 is 18.9 Å². The molecule has 2 heterocycles. The Labute approximate surface area is 136 Å². The van der Waals surface area contributed by atoms with E-state index in [-0.39, 0.29) is 18.2 Å². The predicted molar refractivity (Wildman–Crippen MR) is 84.0 cm³/mol. The van der Waals surface area contributed by atoms with Crippen LogP contribution < -0.4 is 4.74 Å². The molecule has 124 valence electrons. The van der Waals surface area contributed by atoms with Crippen molar-refractivity contribution >= 4 is 5.97 Å². The molecule has 5 nitrogen and oxygen atoms in total. The van der Waals surface area contributed by atoms with E-state index in [9.17, 15) is 4.79 Å². The van der Waals surface area contributed by atoms with Crippen LogP contribution in [0, 0.1) is 0 Å². The van der Waals surface area contributed by atoms with E-state index in [2.05, 4.69) is 12.2 Å². The zero-order valence-electron chi connectivity index (χ0n) is 13.3. The van der Waals surface area contributed by atoms with Gasteiger partial charge in [0.25, 0.3) is 0 Å². The molecule has 1 aromatic carbocycles. The first-order chi connectivity index (χ1) is 11.3. The van der Waals surface area contributed by atoms with Crippen LogP contribution in [0.1, 0.15) is 37.5 Å². The van der Waals surface area contributed by atoms with Crippen molar-refractivity contribution in [1.82, 2.24) is 0 Å². The van der Waals surface area contributed by atoms with Gasteiger partial charge in [-0.1, -0.05) is 24.3 Å². The second-order valence-electron chi connectivity index (χ2n) is 5.74. The van der Waals surface area contributed by atoms with Crippen molar-refractivity contribution in [2.75, 3.05) is 13.7 Å². The lowest BCUT2D eigenvalue weighted by atomic mass is 10.1. The van der Waals surface area contributed by atoms with Gasteiger partial charge >= 0.3 is 5.97 Å². The summed E-state index contributed by atoms with van der Waals surface area (Å²) < 4.78 is 22.5. The molecule has 23 heavy (non-hydrogen) atoms. The fraction of sp³-hybridized carbons (Fsp3) is 0.500. The third kappa shape index (κ3) is 4.12. The quantitative estimate of drug-likeness (QED) is 0.619. The molecule has 0 N–H and O–H groups in total. The molecule has 3 atom stereocenters. The summed E-state index contributed by atoms with van der Waals surface area (Å²) in [6, 6.07) is 7.60. The van der Waals surface area contributed by atoms with Gasteiger partial charge in [-0.3, -0.25) is 4.79 Å². The summed E-state index contributed by atoms with van der Waals surface area (Å²) in [6.07, 6.45) is 6.10. The molecule has 2 aliphatic heterocycles. The molecule has 1 fully saturated rings. The number of hydrogen-bond donors (Lipinski definition) is 0. The van der Waals surface area contributed by atoms with Crippen molar-refractivity contribution in [1.29, 1.82) is 0 Å². The van der Waals surface area contributed by atoms with Crippen molar-refractivity contribution in [3.8, 4) is 5.75 Å². The Morgan fingerprint density at radius 3 is 2.74 bits per heavy atom. The third-order valence-electron chi connectivity index (χ3n) is 4.08. The fourth-order valence-corrected chi connectivity index (χ4v) is 2.77. The number of carbonyl (C=O) groups is 1. The summed E-state index contributed by atoms with van der Waals surface area (Å²) in [7, 11) is 1.63. The monoisotopic (exact) mass is 318 g/mol. The molecule has 0 saturated carbocycles. The molecular weight excluding hydrogens is 296 g/mol. The highest BCUT2D eigenvalue weighted by Gasteiger charge is 2.34. The fourth-order valence-electron chi connectivity index (χ4n) is 2.77. The number of fused-ring (bicyclic) bond motifs is 1. The van der Waals surface area contributed by atoms with E-state index in [0.29, 0.717) is 19.4 Å². The van der Waals surface area contributed by atoms with Crippen LogP contribution in [0.5, 0.6) is 5.75 Å². The van der Waals surface area contributed by atoms with E-state index in [4.69, 9.17) is 18.9 Å². The summed E-state index contributed by atoms with van der Waals surface area (Å²) in [5, 5.41) is 0. The minimum atomic E-state index is -0.447. The molecule has 1 aromatic rings. The number of esters is 1. The van der Waals surface area contributed by atoms with E-state index in [1.807, 2.05) is 24.3 Å². The van der Waals surface area contributed by atoms with Crippen molar-refractivity contribution in [3.63, 3.8) is 0 Å². The predicted octanol–water partition coefficient (Wildman–Crippen LogP) is 3.15. The molecule has 0 spiro atoms. The van der Waals surface area contributed by atoms with Crippen LogP contribution >= 0.6 is 0 Å². The molecule has 0 amide bonds. The Kier molecular flexibility index (Phi) is 5.31. The highest BCUT2D eigenvalue weighted by molar-refractivity contribution is 5.69. The molecule has 0 radical (unpaired) electrons. The number of benzene rings is 1. The summed E-state index contributed by atoms with van der Waals surface area (Å²) in [5.41, 5.74) is 0.927. The normalized spacial score (nSPS) is 30.0. The first-order valence-electron chi connectivity index (χ1n) is 8.02. The molecule has 0 bridgehead atoms. The first-order valence-corrected chi connectivity index (χ1v) is 8.02. The number of ether oxygens (including phenoxy) is 4. The number of allylic oxidation sites excluding steroid dienone is 1. The Bertz CT molecular complexity index is 551. The Balaban J connectivity index is 1.70. The van der Waals surface area contributed by atoms with Gasteiger partial charge in [0.2, 0.25) is 0 Å². The average molecular weight is 318 g/mol. The molecule has 1 saturated heterocycles. The molecule has 2 aliphatic rings. The van der Waals surface area contributed by atoms with Gasteiger partial charge in [-0.15, -0.1) is 0 Å². The molecule has 0 aliphatic carbocycles. The Morgan fingerprint density at radius 2 is 1.96 bits per heavy atom. The summed E-state index contributed by atoms with van der Waals surface area (Å²) >= 11 is 0. The van der Waals surface area contributed by atoms with Gasteiger partial charge in [0, 0.05) is 12.0 Å². The lowest BCUT2D eigenvalue weighted by Gasteiger charge is -2.36. The van der Waals surface area contributed by atoms with E-state index in [1.54, 1.807) is 7.11 Å². The summed E-state index contributed by atoms with van der Waals surface area (Å²) in [6.45, 7) is 0.348. The lowest BCUT2D eigenvalue weighted by molar-refractivity contribution is -0.261. The highest BCUT2D eigenvalue weighted by atomic mass is 16.7. The summed E-state index contributed by atoms with van der Waals surface area (Å²) in [4.78, 5) is 11.8. The van der Waals surface area contributed by atoms with Gasteiger partial charge in [-0.2, -0.15) is 0 Å². The van der Waals surface area contributed by atoms with Crippen molar-refractivity contribution < 1.29 is 23.7 Å². The van der Waals surface area contributed by atoms with E-state index in [0.717, 1.165) is 24.2 Å². The SMILES string of the molecule is COc1ccc(C2OC[C@@H]3OC(=O)CCC/C=C\C[C@@H]3O2)cc1. The Morgan fingerprint density at radius 1 is 1.13 bits per heavy atom. The maximum absolute atomic E-state index is 11.8. The highest BCUT2D eigenvalue weighted by Crippen LogP contribution is 2.30. The zero-order valence-corrected chi connectivity index (χ0v) is 13.3. The van der Waals surface area contributed by atoms with Crippen LogP contribution in [0.4, 0.5) is 0 Å². The molecule has 1 unspecified atom stereocenters. The van der Waals surface area contributed by atoms with Gasteiger partial charge in [0.15, 0.2) is 12.4 Å². The first kappa shape index (κ1) is 16.0. The minimum Gasteiger partial charge on any atom is -0.497 e. The molecule has 0 aromatic heterocycles. The van der Waals surface area contributed by atoms with E-state index < -0.39 is 6.29 Å².